The highest BCUT2D eigenvalue weighted by atomic mass is 16.6. The van der Waals surface area contributed by atoms with E-state index in [1.165, 1.54) is 0 Å². The number of ether oxygens (including phenoxy) is 1. The lowest BCUT2D eigenvalue weighted by atomic mass is 10.0. The number of amides is 2. The first kappa shape index (κ1) is 21.3. The molecule has 0 fully saturated rings. The van der Waals surface area contributed by atoms with E-state index in [1.54, 1.807) is 52.8 Å². The van der Waals surface area contributed by atoms with E-state index in [-0.39, 0.29) is 17.0 Å². The lowest BCUT2D eigenvalue weighted by molar-refractivity contribution is -0.161. The largest absolute Gasteiger partial charge is 0.458 e. The molecule has 0 saturated carbocycles. The number of rotatable bonds is 3. The fraction of sp³-hybridized carbons (Fsp3) is 0.320. The quantitative estimate of drug-likeness (QED) is 0.441. The summed E-state index contributed by atoms with van der Waals surface area (Å²) in [5.41, 5.74) is 1.29. The second-order valence-corrected chi connectivity index (χ2v) is 8.58. The molecule has 0 bridgehead atoms. The van der Waals surface area contributed by atoms with Crippen molar-refractivity contribution in [2.75, 3.05) is 0 Å². The first-order valence-corrected chi connectivity index (χ1v) is 9.90. The van der Waals surface area contributed by atoms with Gasteiger partial charge in [0.1, 0.15) is 11.6 Å². The number of carbonyl (C=O) groups excluding carboxylic acids is 3. The van der Waals surface area contributed by atoms with Crippen LogP contribution < -0.4 is 0 Å². The van der Waals surface area contributed by atoms with E-state index in [9.17, 15) is 14.4 Å². The topological polar surface area (TPSA) is 63.7 Å². The summed E-state index contributed by atoms with van der Waals surface area (Å²) in [6.07, 6.45) is 0. The highest BCUT2D eigenvalue weighted by Crippen LogP contribution is 2.29. The number of hydrogen-bond acceptors (Lipinski definition) is 4. The SMILES string of the molecule is CC(C)[C@@H](C(=O)OC(C)(C)C)N1C(=O)c2ccc(C#Cc3ccccc3)cc2C1=O. The van der Waals surface area contributed by atoms with E-state index in [4.69, 9.17) is 4.74 Å². The third kappa shape index (κ3) is 4.44. The summed E-state index contributed by atoms with van der Waals surface area (Å²) in [4.78, 5) is 39.9. The van der Waals surface area contributed by atoms with Gasteiger partial charge in [-0.15, -0.1) is 0 Å². The maximum Gasteiger partial charge on any atom is 0.330 e. The van der Waals surface area contributed by atoms with Gasteiger partial charge in [-0.25, -0.2) is 4.79 Å². The normalized spacial score (nSPS) is 14.3. The summed E-state index contributed by atoms with van der Waals surface area (Å²) >= 11 is 0. The molecule has 30 heavy (non-hydrogen) atoms. The van der Waals surface area contributed by atoms with E-state index < -0.39 is 29.4 Å². The van der Waals surface area contributed by atoms with Gasteiger partial charge < -0.3 is 4.74 Å². The zero-order valence-corrected chi connectivity index (χ0v) is 17.9. The van der Waals surface area contributed by atoms with Crippen molar-refractivity contribution in [2.24, 2.45) is 5.92 Å². The van der Waals surface area contributed by atoms with E-state index in [1.807, 2.05) is 30.3 Å². The van der Waals surface area contributed by atoms with Crippen molar-refractivity contribution in [3.63, 3.8) is 0 Å². The molecule has 3 rings (SSSR count). The Balaban J connectivity index is 1.92. The van der Waals surface area contributed by atoms with E-state index in [0.29, 0.717) is 5.56 Å². The molecule has 1 heterocycles. The van der Waals surface area contributed by atoms with Crippen molar-refractivity contribution in [2.45, 2.75) is 46.3 Å². The molecule has 5 nitrogen and oxygen atoms in total. The first-order valence-electron chi connectivity index (χ1n) is 9.90. The molecule has 0 spiro atoms. The predicted octanol–water partition coefficient (Wildman–Crippen LogP) is 4.05. The maximum atomic E-state index is 13.1. The Kier molecular flexibility index (Phi) is 5.80. The van der Waals surface area contributed by atoms with Crippen LogP contribution in [-0.4, -0.2) is 34.3 Å². The van der Waals surface area contributed by atoms with Crippen molar-refractivity contribution in [3.8, 4) is 11.8 Å². The Morgan fingerprint density at radius 3 is 2.10 bits per heavy atom. The van der Waals surface area contributed by atoms with Gasteiger partial charge in [0.2, 0.25) is 0 Å². The number of esters is 1. The van der Waals surface area contributed by atoms with Crippen molar-refractivity contribution in [1.82, 2.24) is 4.90 Å². The molecule has 1 aliphatic heterocycles. The number of carbonyl (C=O) groups is 3. The van der Waals surface area contributed by atoms with Crippen LogP contribution in [0.4, 0.5) is 0 Å². The summed E-state index contributed by atoms with van der Waals surface area (Å²) in [6.45, 7) is 8.83. The van der Waals surface area contributed by atoms with Gasteiger partial charge in [0.15, 0.2) is 0 Å². The molecule has 0 unspecified atom stereocenters. The number of fused-ring (bicyclic) bond motifs is 1. The summed E-state index contributed by atoms with van der Waals surface area (Å²) in [5, 5.41) is 0. The molecular formula is C25H25NO4. The molecule has 5 heteroatoms. The summed E-state index contributed by atoms with van der Waals surface area (Å²) in [5.74, 6) is 4.20. The minimum atomic E-state index is -0.990. The van der Waals surface area contributed by atoms with Gasteiger partial charge in [-0.2, -0.15) is 0 Å². The smallest absolute Gasteiger partial charge is 0.330 e. The standard InChI is InChI=1S/C25H25NO4/c1-16(2)21(24(29)30-25(3,4)5)26-22(27)19-14-13-18(15-20(19)23(26)28)12-11-17-9-7-6-8-10-17/h6-10,13-16,21H,1-5H3/t21-/m0/s1. The highest BCUT2D eigenvalue weighted by Gasteiger charge is 2.45. The van der Waals surface area contributed by atoms with Crippen LogP contribution in [0.3, 0.4) is 0 Å². The third-order valence-electron chi connectivity index (χ3n) is 4.60. The molecule has 1 aliphatic rings. The Hall–Kier alpha value is -3.39. The van der Waals surface area contributed by atoms with E-state index in [0.717, 1.165) is 10.5 Å². The second kappa shape index (κ2) is 8.16. The van der Waals surface area contributed by atoms with Gasteiger partial charge in [-0.1, -0.05) is 43.9 Å². The minimum Gasteiger partial charge on any atom is -0.458 e. The number of benzene rings is 2. The van der Waals surface area contributed by atoms with Gasteiger partial charge in [0.25, 0.3) is 11.8 Å². The summed E-state index contributed by atoms with van der Waals surface area (Å²) in [7, 11) is 0. The molecule has 0 radical (unpaired) electrons. The van der Waals surface area contributed by atoms with Crippen LogP contribution >= 0.6 is 0 Å². The lowest BCUT2D eigenvalue weighted by Crippen LogP contribution is -2.50. The molecule has 0 aliphatic carbocycles. The Morgan fingerprint density at radius 2 is 1.50 bits per heavy atom. The monoisotopic (exact) mass is 403 g/mol. The van der Waals surface area contributed by atoms with Crippen LogP contribution in [0.5, 0.6) is 0 Å². The van der Waals surface area contributed by atoms with E-state index in [2.05, 4.69) is 11.8 Å². The van der Waals surface area contributed by atoms with Gasteiger partial charge in [-0.3, -0.25) is 14.5 Å². The van der Waals surface area contributed by atoms with Crippen molar-refractivity contribution < 1.29 is 19.1 Å². The third-order valence-corrected chi connectivity index (χ3v) is 4.60. The second-order valence-electron chi connectivity index (χ2n) is 8.58. The fourth-order valence-electron chi connectivity index (χ4n) is 3.29. The molecule has 1 atom stereocenters. The van der Waals surface area contributed by atoms with Crippen LogP contribution in [0.25, 0.3) is 0 Å². The molecule has 2 amide bonds. The van der Waals surface area contributed by atoms with E-state index >= 15 is 0 Å². The highest BCUT2D eigenvalue weighted by molar-refractivity contribution is 6.22. The van der Waals surface area contributed by atoms with Gasteiger partial charge in [0.05, 0.1) is 11.1 Å². The summed E-state index contributed by atoms with van der Waals surface area (Å²) < 4.78 is 5.47. The predicted molar refractivity (Wildman–Crippen MR) is 114 cm³/mol. The Labute approximate surface area is 177 Å². The number of nitrogens with zero attached hydrogens (tertiary/aromatic N) is 1. The molecule has 2 aromatic carbocycles. The van der Waals surface area contributed by atoms with Crippen LogP contribution in [0.2, 0.25) is 0 Å². The van der Waals surface area contributed by atoms with Crippen molar-refractivity contribution in [1.29, 1.82) is 0 Å². The zero-order chi connectivity index (χ0) is 22.1. The minimum absolute atomic E-state index is 0.258. The molecule has 0 aromatic heterocycles. The summed E-state index contributed by atoms with van der Waals surface area (Å²) in [6, 6.07) is 13.4. The molecular weight excluding hydrogens is 378 g/mol. The van der Waals surface area contributed by atoms with Crippen LogP contribution in [-0.2, 0) is 9.53 Å². The zero-order valence-electron chi connectivity index (χ0n) is 17.9. The van der Waals surface area contributed by atoms with Crippen LogP contribution in [0.15, 0.2) is 48.5 Å². The average molecular weight is 403 g/mol. The molecule has 2 aromatic rings. The molecule has 0 saturated heterocycles. The van der Waals surface area contributed by atoms with Gasteiger partial charge >= 0.3 is 5.97 Å². The number of hydrogen-bond donors (Lipinski definition) is 0. The number of imide groups is 1. The van der Waals surface area contributed by atoms with Crippen molar-refractivity contribution in [3.05, 3.63) is 70.8 Å². The first-order chi connectivity index (χ1) is 14.1. The Morgan fingerprint density at radius 1 is 0.900 bits per heavy atom. The average Bonchev–Trinajstić information content (AvgIpc) is 2.90. The van der Waals surface area contributed by atoms with Gasteiger partial charge in [0, 0.05) is 11.1 Å². The lowest BCUT2D eigenvalue weighted by Gasteiger charge is -2.30. The van der Waals surface area contributed by atoms with Crippen LogP contribution in [0.1, 0.15) is 66.5 Å². The molecule has 154 valence electrons. The maximum absolute atomic E-state index is 13.1. The fourth-order valence-corrected chi connectivity index (χ4v) is 3.29. The Bertz CT molecular complexity index is 1050. The van der Waals surface area contributed by atoms with Gasteiger partial charge in [-0.05, 0) is 57.0 Å². The molecule has 0 N–H and O–H groups in total. The van der Waals surface area contributed by atoms with Crippen molar-refractivity contribution >= 4 is 17.8 Å². The van der Waals surface area contributed by atoms with Crippen LogP contribution in [0, 0.1) is 17.8 Å².